The molecule has 106 valence electrons. The molecule has 0 unspecified atom stereocenters. The van der Waals surface area contributed by atoms with Gasteiger partial charge in [-0.2, -0.15) is 18.2 Å². The molecule has 1 aromatic heterocycles. The number of nitrogens with one attached hydrogen (secondary N) is 1. The van der Waals surface area contributed by atoms with Crippen molar-refractivity contribution in [1.82, 2.24) is 10.1 Å². The number of hydrogen-bond acceptors (Lipinski definition) is 4. The third kappa shape index (κ3) is 3.34. The lowest BCUT2D eigenvalue weighted by molar-refractivity contribution is -0.137. The number of hydrogen-bond donors (Lipinski definition) is 1. The first-order valence-electron chi connectivity index (χ1n) is 5.61. The summed E-state index contributed by atoms with van der Waals surface area (Å²) in [6.07, 6.45) is -4.80. The van der Waals surface area contributed by atoms with Crippen molar-refractivity contribution in [2.24, 2.45) is 0 Å². The molecule has 0 bridgehead atoms. The molecule has 8 heteroatoms. The van der Waals surface area contributed by atoms with Gasteiger partial charge in [0.15, 0.2) is 5.82 Å². The van der Waals surface area contributed by atoms with Crippen LogP contribution >= 0.6 is 0 Å². The Labute approximate surface area is 111 Å². The number of nitrogens with zero attached hydrogens (tertiary/aromatic N) is 2. The molecule has 0 aliphatic rings. The third-order valence-electron chi connectivity index (χ3n) is 2.39. The van der Waals surface area contributed by atoms with Crippen molar-refractivity contribution in [3.8, 4) is 0 Å². The van der Waals surface area contributed by atoms with Gasteiger partial charge in [0.2, 0.25) is 11.8 Å². The fourth-order valence-corrected chi connectivity index (χ4v) is 1.59. The normalized spacial score (nSPS) is 11.4. The van der Waals surface area contributed by atoms with Crippen LogP contribution in [0.15, 0.2) is 28.8 Å². The van der Waals surface area contributed by atoms with E-state index in [1.54, 1.807) is 6.92 Å². The van der Waals surface area contributed by atoms with Crippen molar-refractivity contribution >= 4 is 11.6 Å². The zero-order valence-corrected chi connectivity index (χ0v) is 10.4. The fraction of sp³-hybridized carbons (Fsp3) is 0.250. The fourth-order valence-electron chi connectivity index (χ4n) is 1.59. The minimum atomic E-state index is -4.54. The Hall–Kier alpha value is -2.38. The van der Waals surface area contributed by atoms with Crippen LogP contribution in [-0.4, -0.2) is 16.0 Å². The zero-order valence-electron chi connectivity index (χ0n) is 10.4. The van der Waals surface area contributed by atoms with Crippen LogP contribution in [0.4, 0.5) is 18.9 Å². The number of amides is 1. The van der Waals surface area contributed by atoms with Crippen LogP contribution in [0.5, 0.6) is 0 Å². The van der Waals surface area contributed by atoms with Gasteiger partial charge in [0, 0.05) is 6.92 Å². The summed E-state index contributed by atoms with van der Waals surface area (Å²) in [6, 6.07) is 4.74. The summed E-state index contributed by atoms with van der Waals surface area (Å²) in [5.74, 6) is -0.254. The van der Waals surface area contributed by atoms with Crippen LogP contribution in [0.1, 0.15) is 17.3 Å². The first kappa shape index (κ1) is 14.0. The molecule has 1 heterocycles. The molecule has 20 heavy (non-hydrogen) atoms. The van der Waals surface area contributed by atoms with Gasteiger partial charge in [0.1, 0.15) is 0 Å². The van der Waals surface area contributed by atoms with Crippen LogP contribution in [0, 0.1) is 6.92 Å². The molecule has 1 amide bonds. The second kappa shape index (κ2) is 5.32. The van der Waals surface area contributed by atoms with E-state index in [0.29, 0.717) is 0 Å². The summed E-state index contributed by atoms with van der Waals surface area (Å²) in [5.41, 5.74) is -1.21. The number of carbonyl (C=O) groups is 1. The van der Waals surface area contributed by atoms with Gasteiger partial charge in [-0.15, -0.1) is 0 Å². The minimum absolute atomic E-state index is 0.115. The lowest BCUT2D eigenvalue weighted by Crippen LogP contribution is -2.18. The average molecular weight is 285 g/mol. The van der Waals surface area contributed by atoms with E-state index in [9.17, 15) is 18.0 Å². The number of carbonyl (C=O) groups excluding carboxylic acids is 1. The van der Waals surface area contributed by atoms with Crippen LogP contribution in [0.3, 0.4) is 0 Å². The second-order valence-electron chi connectivity index (χ2n) is 4.00. The van der Waals surface area contributed by atoms with Crippen molar-refractivity contribution in [1.29, 1.82) is 0 Å². The standard InChI is InChI=1S/C12H10F3N3O2/c1-7-16-10(18-20-7)6-11(19)17-9-5-3-2-4-8(9)12(13,14)15/h2-5H,6H2,1H3,(H,17,19). The third-order valence-corrected chi connectivity index (χ3v) is 2.39. The molecular formula is C12H10F3N3O2. The van der Waals surface area contributed by atoms with E-state index in [1.807, 2.05) is 0 Å². The molecule has 1 N–H and O–H groups in total. The largest absolute Gasteiger partial charge is 0.418 e. The van der Waals surface area contributed by atoms with Gasteiger partial charge in [-0.05, 0) is 12.1 Å². The van der Waals surface area contributed by atoms with Gasteiger partial charge < -0.3 is 9.84 Å². The van der Waals surface area contributed by atoms with Crippen LogP contribution in [0.25, 0.3) is 0 Å². The molecule has 0 radical (unpaired) electrons. The number of benzene rings is 1. The summed E-state index contributed by atoms with van der Waals surface area (Å²) >= 11 is 0. The average Bonchev–Trinajstić information content (AvgIpc) is 2.73. The number of aryl methyl sites for hydroxylation is 1. The zero-order chi connectivity index (χ0) is 14.8. The second-order valence-corrected chi connectivity index (χ2v) is 4.00. The van der Waals surface area contributed by atoms with E-state index < -0.39 is 17.6 Å². The predicted molar refractivity (Wildman–Crippen MR) is 62.8 cm³/mol. The highest BCUT2D eigenvalue weighted by molar-refractivity contribution is 5.92. The van der Waals surface area contributed by atoms with Crippen molar-refractivity contribution in [3.05, 3.63) is 41.5 Å². The number of alkyl halides is 3. The van der Waals surface area contributed by atoms with E-state index >= 15 is 0 Å². The molecule has 0 fully saturated rings. The van der Waals surface area contributed by atoms with E-state index in [2.05, 4.69) is 20.0 Å². The number of rotatable bonds is 3. The molecule has 0 saturated heterocycles. The Bertz CT molecular complexity index is 622. The quantitative estimate of drug-likeness (QED) is 0.941. The Kier molecular flexibility index (Phi) is 3.73. The lowest BCUT2D eigenvalue weighted by Gasteiger charge is -2.12. The monoisotopic (exact) mass is 285 g/mol. The number of anilines is 1. The molecule has 2 aromatic rings. The van der Waals surface area contributed by atoms with Gasteiger partial charge in [-0.3, -0.25) is 4.79 Å². The molecule has 0 saturated carbocycles. The van der Waals surface area contributed by atoms with Crippen molar-refractivity contribution in [3.63, 3.8) is 0 Å². The molecule has 0 aliphatic carbocycles. The van der Waals surface area contributed by atoms with Gasteiger partial charge in [0.05, 0.1) is 17.7 Å². The van der Waals surface area contributed by atoms with E-state index in [4.69, 9.17) is 0 Å². The first-order chi connectivity index (χ1) is 9.36. The summed E-state index contributed by atoms with van der Waals surface area (Å²) in [4.78, 5) is 15.5. The van der Waals surface area contributed by atoms with Crippen molar-refractivity contribution < 1.29 is 22.5 Å². The SMILES string of the molecule is Cc1nc(CC(=O)Nc2ccccc2C(F)(F)F)no1. The van der Waals surface area contributed by atoms with E-state index in [0.717, 1.165) is 6.07 Å². The van der Waals surface area contributed by atoms with E-state index in [1.165, 1.54) is 18.2 Å². The molecule has 2 rings (SSSR count). The summed E-state index contributed by atoms with van der Waals surface area (Å²) in [6.45, 7) is 1.55. The maximum absolute atomic E-state index is 12.7. The van der Waals surface area contributed by atoms with Crippen LogP contribution in [-0.2, 0) is 17.4 Å². The first-order valence-corrected chi connectivity index (χ1v) is 5.61. The Balaban J connectivity index is 2.12. The van der Waals surface area contributed by atoms with Gasteiger partial charge in [-0.1, -0.05) is 17.3 Å². The van der Waals surface area contributed by atoms with Crippen LogP contribution < -0.4 is 5.32 Å². The van der Waals surface area contributed by atoms with Crippen molar-refractivity contribution in [2.75, 3.05) is 5.32 Å². The summed E-state index contributed by atoms with van der Waals surface area (Å²) in [7, 11) is 0. The molecule has 1 aromatic carbocycles. The lowest BCUT2D eigenvalue weighted by atomic mass is 10.1. The Morgan fingerprint density at radius 3 is 2.65 bits per heavy atom. The molecule has 0 spiro atoms. The highest BCUT2D eigenvalue weighted by Gasteiger charge is 2.33. The maximum atomic E-state index is 12.7. The molecule has 0 atom stereocenters. The topological polar surface area (TPSA) is 68.0 Å². The van der Waals surface area contributed by atoms with Gasteiger partial charge in [0.25, 0.3) is 0 Å². The number of para-hydroxylation sites is 1. The highest BCUT2D eigenvalue weighted by atomic mass is 19.4. The highest BCUT2D eigenvalue weighted by Crippen LogP contribution is 2.34. The number of aromatic nitrogens is 2. The van der Waals surface area contributed by atoms with Gasteiger partial charge >= 0.3 is 6.18 Å². The summed E-state index contributed by atoms with van der Waals surface area (Å²) < 4.78 is 42.9. The summed E-state index contributed by atoms with van der Waals surface area (Å²) in [5, 5.41) is 5.69. The van der Waals surface area contributed by atoms with E-state index in [-0.39, 0.29) is 23.8 Å². The van der Waals surface area contributed by atoms with Crippen LogP contribution in [0.2, 0.25) is 0 Å². The predicted octanol–water partition coefficient (Wildman–Crippen LogP) is 2.58. The van der Waals surface area contributed by atoms with Crippen molar-refractivity contribution in [2.45, 2.75) is 19.5 Å². The Morgan fingerprint density at radius 1 is 1.35 bits per heavy atom. The molecule has 0 aliphatic heterocycles. The maximum Gasteiger partial charge on any atom is 0.418 e. The smallest absolute Gasteiger partial charge is 0.340 e. The Morgan fingerprint density at radius 2 is 2.05 bits per heavy atom. The number of halogens is 3. The molecule has 5 nitrogen and oxygen atoms in total. The van der Waals surface area contributed by atoms with Gasteiger partial charge in [-0.25, -0.2) is 0 Å². The minimum Gasteiger partial charge on any atom is -0.340 e. The molecular weight excluding hydrogens is 275 g/mol.